The predicted molar refractivity (Wildman–Crippen MR) is 108 cm³/mol. The lowest BCUT2D eigenvalue weighted by molar-refractivity contribution is 0.185. The van der Waals surface area contributed by atoms with Crippen molar-refractivity contribution in [3.8, 4) is 0 Å². The number of methoxy groups -OCH3 is 1. The van der Waals surface area contributed by atoms with Crippen molar-refractivity contribution in [2.24, 2.45) is 4.99 Å². The first-order valence-corrected chi connectivity index (χ1v) is 9.66. The summed E-state index contributed by atoms with van der Waals surface area (Å²) >= 11 is 0. The normalized spacial score (nSPS) is 19.6. The summed E-state index contributed by atoms with van der Waals surface area (Å²) in [6, 6.07) is 8.04. The Hall–Kier alpha value is -0.870. The first kappa shape index (κ1) is 21.2. The summed E-state index contributed by atoms with van der Waals surface area (Å²) in [5.74, 6) is 1.09. The summed E-state index contributed by atoms with van der Waals surface area (Å²) in [6.07, 6.45) is 0.635. The molecule has 1 fully saturated rings. The Kier molecular flexibility index (Phi) is 8.99. The lowest BCUT2D eigenvalue weighted by Crippen LogP contribution is -2.44. The smallest absolute Gasteiger partial charge is 0.191 e. The SMILES string of the molecule is CCNC(=NCc1cccc(COC)c1)NC1CCS(=O)(=O)C1.I. The van der Waals surface area contributed by atoms with Crippen LogP contribution >= 0.6 is 24.0 Å². The Morgan fingerprint density at radius 2 is 2.12 bits per heavy atom. The first-order chi connectivity index (χ1) is 11.0. The third-order valence-electron chi connectivity index (χ3n) is 3.64. The van der Waals surface area contributed by atoms with Crippen molar-refractivity contribution >= 4 is 39.8 Å². The summed E-state index contributed by atoms with van der Waals surface area (Å²) in [5.41, 5.74) is 2.20. The fourth-order valence-corrected chi connectivity index (χ4v) is 4.25. The van der Waals surface area contributed by atoms with Gasteiger partial charge in [-0.1, -0.05) is 24.3 Å². The molecule has 1 atom stereocenters. The molecule has 136 valence electrons. The van der Waals surface area contributed by atoms with Crippen LogP contribution in [0.15, 0.2) is 29.3 Å². The lowest BCUT2D eigenvalue weighted by atomic mass is 10.1. The Labute approximate surface area is 161 Å². The van der Waals surface area contributed by atoms with Gasteiger partial charge in [-0.3, -0.25) is 0 Å². The molecular formula is C16H26IN3O3S. The third-order valence-corrected chi connectivity index (χ3v) is 5.41. The molecule has 2 rings (SSSR count). The molecule has 1 aromatic rings. The summed E-state index contributed by atoms with van der Waals surface area (Å²) in [4.78, 5) is 4.55. The van der Waals surface area contributed by atoms with Crippen molar-refractivity contribution in [1.82, 2.24) is 10.6 Å². The van der Waals surface area contributed by atoms with Crippen LogP contribution in [0, 0.1) is 0 Å². The molecule has 24 heavy (non-hydrogen) atoms. The highest BCUT2D eigenvalue weighted by Gasteiger charge is 2.28. The molecule has 8 heteroatoms. The average molecular weight is 467 g/mol. The zero-order chi connectivity index (χ0) is 16.7. The summed E-state index contributed by atoms with van der Waals surface area (Å²) < 4.78 is 28.2. The first-order valence-electron chi connectivity index (χ1n) is 7.84. The molecule has 0 spiro atoms. The zero-order valence-electron chi connectivity index (χ0n) is 14.1. The van der Waals surface area contributed by atoms with Crippen LogP contribution in [0.4, 0.5) is 0 Å². The quantitative estimate of drug-likeness (QED) is 0.378. The number of sulfone groups is 1. The number of benzene rings is 1. The fraction of sp³-hybridized carbons (Fsp3) is 0.562. The van der Waals surface area contributed by atoms with E-state index >= 15 is 0 Å². The molecule has 1 aromatic carbocycles. The topological polar surface area (TPSA) is 79.8 Å². The molecule has 1 saturated heterocycles. The second-order valence-corrected chi connectivity index (χ2v) is 7.92. The van der Waals surface area contributed by atoms with E-state index in [1.165, 1.54) is 0 Å². The maximum absolute atomic E-state index is 11.5. The number of hydrogen-bond acceptors (Lipinski definition) is 4. The van der Waals surface area contributed by atoms with E-state index in [2.05, 4.69) is 21.7 Å². The van der Waals surface area contributed by atoms with Crippen molar-refractivity contribution in [3.05, 3.63) is 35.4 Å². The van der Waals surface area contributed by atoms with Gasteiger partial charge in [-0.25, -0.2) is 13.4 Å². The minimum atomic E-state index is -2.89. The molecule has 0 amide bonds. The number of ether oxygens (including phenoxy) is 1. The molecule has 2 N–H and O–H groups in total. The molecule has 0 aromatic heterocycles. The van der Waals surface area contributed by atoms with Crippen molar-refractivity contribution < 1.29 is 13.2 Å². The van der Waals surface area contributed by atoms with Crippen LogP contribution in [0.1, 0.15) is 24.5 Å². The fourth-order valence-electron chi connectivity index (χ4n) is 2.58. The minimum absolute atomic E-state index is 0. The van der Waals surface area contributed by atoms with E-state index in [4.69, 9.17) is 4.74 Å². The van der Waals surface area contributed by atoms with Crippen LogP contribution in [-0.4, -0.2) is 45.6 Å². The average Bonchev–Trinajstić information content (AvgIpc) is 2.85. The highest BCUT2D eigenvalue weighted by molar-refractivity contribution is 14.0. The van der Waals surface area contributed by atoms with Gasteiger partial charge in [-0.05, 0) is 24.5 Å². The molecule has 1 unspecified atom stereocenters. The maximum Gasteiger partial charge on any atom is 0.191 e. The van der Waals surface area contributed by atoms with Gasteiger partial charge in [0, 0.05) is 19.7 Å². The summed E-state index contributed by atoms with van der Waals surface area (Å²) in [7, 11) is -1.22. The van der Waals surface area contributed by atoms with E-state index in [-0.39, 0.29) is 41.5 Å². The predicted octanol–water partition coefficient (Wildman–Crippen LogP) is 1.69. The highest BCUT2D eigenvalue weighted by Crippen LogP contribution is 2.11. The van der Waals surface area contributed by atoms with Gasteiger partial charge in [0.2, 0.25) is 0 Å². The Bertz CT molecular complexity index is 650. The number of guanidine groups is 1. The number of hydrogen-bond donors (Lipinski definition) is 2. The molecule has 0 radical (unpaired) electrons. The minimum Gasteiger partial charge on any atom is -0.380 e. The largest absolute Gasteiger partial charge is 0.380 e. The second-order valence-electron chi connectivity index (χ2n) is 5.69. The van der Waals surface area contributed by atoms with Crippen molar-refractivity contribution in [3.63, 3.8) is 0 Å². The van der Waals surface area contributed by atoms with E-state index in [1.807, 2.05) is 25.1 Å². The van der Waals surface area contributed by atoms with Gasteiger partial charge in [0.15, 0.2) is 15.8 Å². The van der Waals surface area contributed by atoms with Gasteiger partial charge in [-0.15, -0.1) is 24.0 Å². The van der Waals surface area contributed by atoms with E-state index in [0.29, 0.717) is 25.5 Å². The van der Waals surface area contributed by atoms with Crippen LogP contribution in [0.25, 0.3) is 0 Å². The lowest BCUT2D eigenvalue weighted by Gasteiger charge is -2.15. The van der Waals surface area contributed by atoms with Crippen LogP contribution in [0.2, 0.25) is 0 Å². The number of rotatable bonds is 6. The van der Waals surface area contributed by atoms with E-state index in [9.17, 15) is 8.42 Å². The van der Waals surface area contributed by atoms with Crippen LogP contribution in [0.3, 0.4) is 0 Å². The molecule has 0 aliphatic carbocycles. The molecular weight excluding hydrogens is 441 g/mol. The van der Waals surface area contributed by atoms with Crippen LogP contribution in [0.5, 0.6) is 0 Å². The van der Waals surface area contributed by atoms with Crippen LogP contribution in [-0.2, 0) is 27.7 Å². The molecule has 1 aliphatic heterocycles. The monoisotopic (exact) mass is 467 g/mol. The van der Waals surface area contributed by atoms with Crippen molar-refractivity contribution in [2.75, 3.05) is 25.2 Å². The molecule has 6 nitrogen and oxygen atoms in total. The standard InChI is InChI=1S/C16H25N3O3S.HI/c1-3-17-16(19-15-7-8-23(20,21)12-15)18-10-13-5-4-6-14(9-13)11-22-2;/h4-6,9,15H,3,7-8,10-12H2,1-2H3,(H2,17,18,19);1H. The van der Waals surface area contributed by atoms with E-state index in [0.717, 1.165) is 17.7 Å². The Morgan fingerprint density at radius 1 is 1.38 bits per heavy atom. The number of halogens is 1. The number of nitrogens with one attached hydrogen (secondary N) is 2. The highest BCUT2D eigenvalue weighted by atomic mass is 127. The van der Waals surface area contributed by atoms with Crippen molar-refractivity contribution in [1.29, 1.82) is 0 Å². The molecule has 1 heterocycles. The van der Waals surface area contributed by atoms with Gasteiger partial charge >= 0.3 is 0 Å². The van der Waals surface area contributed by atoms with Gasteiger partial charge in [0.05, 0.1) is 24.7 Å². The second kappa shape index (κ2) is 10.2. The van der Waals surface area contributed by atoms with Gasteiger partial charge in [0.25, 0.3) is 0 Å². The summed E-state index contributed by atoms with van der Waals surface area (Å²) in [5, 5.41) is 6.38. The number of aliphatic imine (C=N–C) groups is 1. The van der Waals surface area contributed by atoms with Crippen molar-refractivity contribution in [2.45, 2.75) is 32.5 Å². The maximum atomic E-state index is 11.5. The van der Waals surface area contributed by atoms with E-state index in [1.54, 1.807) is 7.11 Å². The van der Waals surface area contributed by atoms with Gasteiger partial charge < -0.3 is 15.4 Å². The molecule has 1 aliphatic rings. The third kappa shape index (κ3) is 6.94. The number of nitrogens with zero attached hydrogens (tertiary/aromatic N) is 1. The van der Waals surface area contributed by atoms with Gasteiger partial charge in [0.1, 0.15) is 0 Å². The summed E-state index contributed by atoms with van der Waals surface area (Å²) in [6.45, 7) is 3.83. The van der Waals surface area contributed by atoms with Crippen LogP contribution < -0.4 is 10.6 Å². The van der Waals surface area contributed by atoms with Gasteiger partial charge in [-0.2, -0.15) is 0 Å². The molecule has 0 saturated carbocycles. The van der Waals surface area contributed by atoms with E-state index < -0.39 is 9.84 Å². The molecule has 0 bridgehead atoms. The Morgan fingerprint density at radius 3 is 2.75 bits per heavy atom. The Balaban J connectivity index is 0.00000288. The zero-order valence-corrected chi connectivity index (χ0v) is 17.3.